The van der Waals surface area contributed by atoms with Crippen molar-refractivity contribution in [3.63, 3.8) is 0 Å². The van der Waals surface area contributed by atoms with Crippen LogP contribution in [0.4, 0.5) is 0 Å². The summed E-state index contributed by atoms with van der Waals surface area (Å²) < 4.78 is 2.31. The zero-order chi connectivity index (χ0) is 13.4. The van der Waals surface area contributed by atoms with Crippen molar-refractivity contribution in [1.29, 1.82) is 0 Å². The summed E-state index contributed by atoms with van der Waals surface area (Å²) in [6, 6.07) is 4.58. The minimum Gasteiger partial charge on any atom is -0.350 e. The van der Waals surface area contributed by atoms with Gasteiger partial charge in [0, 0.05) is 18.6 Å². The molecule has 1 aromatic heterocycles. The Bertz CT molecular complexity index is 589. The first-order chi connectivity index (χ1) is 9.16. The van der Waals surface area contributed by atoms with Crippen molar-refractivity contribution in [2.75, 3.05) is 13.1 Å². The highest BCUT2D eigenvalue weighted by molar-refractivity contribution is 5.87. The number of hydrogen-bond donors (Lipinski definition) is 1. The molecule has 1 saturated heterocycles. The Labute approximate surface area is 115 Å². The number of hydrogen-bond acceptors (Lipinski definition) is 1. The summed E-state index contributed by atoms with van der Waals surface area (Å²) in [5.74, 6) is 0.855. The van der Waals surface area contributed by atoms with Gasteiger partial charge in [0.05, 0.1) is 5.52 Å². The second kappa shape index (κ2) is 5.01. The molecule has 0 aliphatic carbocycles. The molecule has 0 radical (unpaired) electrons. The number of benzene rings is 1. The van der Waals surface area contributed by atoms with Crippen molar-refractivity contribution >= 4 is 10.9 Å². The van der Waals surface area contributed by atoms with Gasteiger partial charge in [-0.25, -0.2) is 0 Å². The largest absolute Gasteiger partial charge is 0.350 e. The van der Waals surface area contributed by atoms with Crippen LogP contribution >= 0.6 is 0 Å². The molecule has 1 N–H and O–H groups in total. The molecule has 2 aromatic rings. The van der Waals surface area contributed by atoms with E-state index < -0.39 is 0 Å². The predicted octanol–water partition coefficient (Wildman–Crippen LogP) is 3.34. The van der Waals surface area contributed by atoms with E-state index in [-0.39, 0.29) is 0 Å². The van der Waals surface area contributed by atoms with E-state index in [2.05, 4.69) is 49.1 Å². The van der Waals surface area contributed by atoms with Crippen LogP contribution in [0.1, 0.15) is 29.5 Å². The second-order valence-corrected chi connectivity index (χ2v) is 6.07. The highest BCUT2D eigenvalue weighted by atomic mass is 14.9. The van der Waals surface area contributed by atoms with Gasteiger partial charge in [0.15, 0.2) is 0 Å². The fraction of sp³-hybridized carbons (Fsp3) is 0.529. The van der Waals surface area contributed by atoms with Crippen molar-refractivity contribution in [3.05, 3.63) is 35.0 Å². The van der Waals surface area contributed by atoms with Gasteiger partial charge < -0.3 is 9.88 Å². The molecular formula is C17H24N2. The Hall–Kier alpha value is -1.28. The van der Waals surface area contributed by atoms with Gasteiger partial charge in [-0.05, 0) is 68.8 Å². The number of nitrogens with one attached hydrogen (secondary N) is 1. The molecule has 0 bridgehead atoms. The van der Waals surface area contributed by atoms with Gasteiger partial charge in [0.1, 0.15) is 0 Å². The van der Waals surface area contributed by atoms with Crippen LogP contribution in [0.25, 0.3) is 10.9 Å². The summed E-state index contributed by atoms with van der Waals surface area (Å²) >= 11 is 0. The van der Waals surface area contributed by atoms with Crippen LogP contribution in [-0.2, 0) is 13.5 Å². The fourth-order valence-corrected chi connectivity index (χ4v) is 3.44. The first-order valence-electron chi connectivity index (χ1n) is 7.41. The summed E-state index contributed by atoms with van der Waals surface area (Å²) in [6.45, 7) is 6.82. The summed E-state index contributed by atoms with van der Waals surface area (Å²) in [5, 5.41) is 4.92. The normalized spacial score (nSPS) is 17.2. The van der Waals surface area contributed by atoms with Crippen molar-refractivity contribution in [2.45, 2.75) is 33.1 Å². The molecule has 2 nitrogen and oxygen atoms in total. The van der Waals surface area contributed by atoms with E-state index in [1.807, 2.05) is 0 Å². The number of rotatable bonds is 2. The monoisotopic (exact) mass is 256 g/mol. The van der Waals surface area contributed by atoms with Crippen LogP contribution < -0.4 is 5.32 Å². The Kier molecular flexibility index (Phi) is 3.36. The van der Waals surface area contributed by atoms with Gasteiger partial charge in [-0.3, -0.25) is 0 Å². The molecule has 1 fully saturated rings. The lowest BCUT2D eigenvalue weighted by molar-refractivity contribution is 0.373. The maximum Gasteiger partial charge on any atom is 0.0512 e. The maximum atomic E-state index is 3.45. The molecule has 19 heavy (non-hydrogen) atoms. The van der Waals surface area contributed by atoms with Gasteiger partial charge in [0.25, 0.3) is 0 Å². The average molecular weight is 256 g/mol. The molecule has 2 heterocycles. The van der Waals surface area contributed by atoms with Gasteiger partial charge in [-0.15, -0.1) is 0 Å². The van der Waals surface area contributed by atoms with Crippen LogP contribution in [-0.4, -0.2) is 17.7 Å². The molecule has 1 aromatic carbocycles. The minimum absolute atomic E-state index is 0.855. The molecule has 2 heteroatoms. The van der Waals surface area contributed by atoms with E-state index in [1.165, 1.54) is 59.9 Å². The van der Waals surface area contributed by atoms with E-state index in [9.17, 15) is 0 Å². The molecule has 0 saturated carbocycles. The third-order valence-electron chi connectivity index (χ3n) is 4.72. The SMILES string of the molecule is Cc1ccc2c(CC3CCNCC3)cn(C)c2c1C. The molecule has 0 unspecified atom stereocenters. The van der Waals surface area contributed by atoms with Crippen LogP contribution in [0, 0.1) is 19.8 Å². The first kappa shape index (κ1) is 12.7. The zero-order valence-corrected chi connectivity index (χ0v) is 12.3. The van der Waals surface area contributed by atoms with Crippen molar-refractivity contribution < 1.29 is 0 Å². The van der Waals surface area contributed by atoms with Crippen LogP contribution in [0.3, 0.4) is 0 Å². The molecular weight excluding hydrogens is 232 g/mol. The Morgan fingerprint density at radius 1 is 1.21 bits per heavy atom. The number of fused-ring (bicyclic) bond motifs is 1. The molecule has 1 aliphatic rings. The van der Waals surface area contributed by atoms with Crippen molar-refractivity contribution in [3.8, 4) is 0 Å². The quantitative estimate of drug-likeness (QED) is 0.872. The van der Waals surface area contributed by atoms with E-state index in [0.717, 1.165) is 5.92 Å². The topological polar surface area (TPSA) is 17.0 Å². The summed E-state index contributed by atoms with van der Waals surface area (Å²) in [6.07, 6.45) is 6.23. The predicted molar refractivity (Wildman–Crippen MR) is 81.7 cm³/mol. The minimum atomic E-state index is 0.855. The molecule has 102 valence electrons. The number of piperidine rings is 1. The maximum absolute atomic E-state index is 3.45. The summed E-state index contributed by atoms with van der Waals surface area (Å²) in [4.78, 5) is 0. The Morgan fingerprint density at radius 2 is 1.95 bits per heavy atom. The lowest BCUT2D eigenvalue weighted by atomic mass is 9.90. The van der Waals surface area contributed by atoms with Gasteiger partial charge >= 0.3 is 0 Å². The Balaban J connectivity index is 1.98. The molecule has 3 rings (SSSR count). The van der Waals surface area contributed by atoms with Gasteiger partial charge in [-0.2, -0.15) is 0 Å². The molecule has 1 aliphatic heterocycles. The fourth-order valence-electron chi connectivity index (χ4n) is 3.44. The van der Waals surface area contributed by atoms with Crippen molar-refractivity contribution in [1.82, 2.24) is 9.88 Å². The molecule has 0 spiro atoms. The van der Waals surface area contributed by atoms with Gasteiger partial charge in [-0.1, -0.05) is 12.1 Å². The van der Waals surface area contributed by atoms with E-state index in [0.29, 0.717) is 0 Å². The number of aromatic nitrogens is 1. The molecule has 0 atom stereocenters. The third kappa shape index (κ3) is 2.30. The molecule has 0 amide bonds. The number of aryl methyl sites for hydroxylation is 3. The lowest BCUT2D eigenvalue weighted by Crippen LogP contribution is -2.28. The highest BCUT2D eigenvalue weighted by Gasteiger charge is 2.17. The zero-order valence-electron chi connectivity index (χ0n) is 12.3. The highest BCUT2D eigenvalue weighted by Crippen LogP contribution is 2.29. The first-order valence-corrected chi connectivity index (χ1v) is 7.41. The van der Waals surface area contributed by atoms with Crippen LogP contribution in [0.5, 0.6) is 0 Å². The van der Waals surface area contributed by atoms with E-state index >= 15 is 0 Å². The lowest BCUT2D eigenvalue weighted by Gasteiger charge is -2.22. The van der Waals surface area contributed by atoms with Crippen LogP contribution in [0.2, 0.25) is 0 Å². The second-order valence-electron chi connectivity index (χ2n) is 6.07. The summed E-state index contributed by atoms with van der Waals surface area (Å²) in [7, 11) is 2.18. The standard InChI is InChI=1S/C17H24N2/c1-12-4-5-16-15(10-14-6-8-18-9-7-14)11-19(3)17(16)13(12)2/h4-5,11,14,18H,6-10H2,1-3H3. The van der Waals surface area contributed by atoms with Crippen molar-refractivity contribution in [2.24, 2.45) is 13.0 Å². The smallest absolute Gasteiger partial charge is 0.0512 e. The third-order valence-corrected chi connectivity index (χ3v) is 4.72. The number of nitrogens with zero attached hydrogens (tertiary/aromatic N) is 1. The summed E-state index contributed by atoms with van der Waals surface area (Å²) in [5.41, 5.74) is 5.77. The van der Waals surface area contributed by atoms with Crippen LogP contribution in [0.15, 0.2) is 18.3 Å². The van der Waals surface area contributed by atoms with E-state index in [1.54, 1.807) is 0 Å². The Morgan fingerprint density at radius 3 is 2.68 bits per heavy atom. The average Bonchev–Trinajstić information content (AvgIpc) is 2.72. The van der Waals surface area contributed by atoms with E-state index in [4.69, 9.17) is 0 Å². The van der Waals surface area contributed by atoms with Gasteiger partial charge in [0.2, 0.25) is 0 Å².